The van der Waals surface area contributed by atoms with E-state index in [2.05, 4.69) is 0 Å². The van der Waals surface area contributed by atoms with Crippen LogP contribution in [-0.2, 0) is 14.3 Å². The molecule has 0 saturated heterocycles. The van der Waals surface area contributed by atoms with Gasteiger partial charge in [-0.05, 0) is 50.2 Å². The third kappa shape index (κ3) is 1.55. The van der Waals surface area contributed by atoms with Gasteiger partial charge in [0.05, 0.1) is 11.7 Å². The number of allylic oxidation sites excluding steroid dienone is 2. The molecule has 1 atom stereocenters. The van der Waals surface area contributed by atoms with Gasteiger partial charge < -0.3 is 9.47 Å². The SMILES string of the molecule is O=C(OC1C=CC=CO1)C12CCC(CC1)C2. The van der Waals surface area contributed by atoms with E-state index in [9.17, 15) is 4.79 Å². The fourth-order valence-electron chi connectivity index (χ4n) is 3.14. The third-order valence-corrected chi connectivity index (χ3v) is 4.07. The zero-order valence-electron chi connectivity index (χ0n) is 9.22. The van der Waals surface area contributed by atoms with E-state index in [-0.39, 0.29) is 11.4 Å². The Hall–Kier alpha value is -1.25. The second-order valence-corrected chi connectivity index (χ2v) is 5.05. The highest BCUT2D eigenvalue weighted by atomic mass is 16.7. The van der Waals surface area contributed by atoms with Crippen LogP contribution in [0, 0.1) is 11.3 Å². The summed E-state index contributed by atoms with van der Waals surface area (Å²) < 4.78 is 10.6. The van der Waals surface area contributed by atoms with Crippen LogP contribution in [0.1, 0.15) is 32.1 Å². The first-order chi connectivity index (χ1) is 7.78. The maximum atomic E-state index is 12.1. The highest BCUT2D eigenvalue weighted by Gasteiger charge is 2.51. The van der Waals surface area contributed by atoms with E-state index in [0.717, 1.165) is 25.2 Å². The highest BCUT2D eigenvalue weighted by molar-refractivity contribution is 5.78. The summed E-state index contributed by atoms with van der Waals surface area (Å²) in [5, 5.41) is 0. The molecule has 0 aromatic heterocycles. The number of hydrogen-bond acceptors (Lipinski definition) is 3. The molecule has 3 rings (SSSR count). The number of rotatable bonds is 2. The Morgan fingerprint density at radius 3 is 2.69 bits per heavy atom. The highest BCUT2D eigenvalue weighted by Crippen LogP contribution is 2.54. The minimum absolute atomic E-state index is 0.0579. The number of fused-ring (bicyclic) bond motifs is 2. The Bertz CT molecular complexity index is 348. The van der Waals surface area contributed by atoms with Gasteiger partial charge in [0, 0.05) is 0 Å². The zero-order valence-corrected chi connectivity index (χ0v) is 9.22. The molecule has 2 fully saturated rings. The predicted octanol–water partition coefficient (Wildman–Crippen LogP) is 2.54. The van der Waals surface area contributed by atoms with Gasteiger partial charge in [-0.1, -0.05) is 6.08 Å². The first-order valence-electron chi connectivity index (χ1n) is 5.98. The van der Waals surface area contributed by atoms with Crippen LogP contribution < -0.4 is 0 Å². The quantitative estimate of drug-likeness (QED) is 0.671. The first-order valence-corrected chi connectivity index (χ1v) is 5.98. The Labute approximate surface area is 95.1 Å². The van der Waals surface area contributed by atoms with Crippen molar-refractivity contribution in [3.05, 3.63) is 24.5 Å². The van der Waals surface area contributed by atoms with Gasteiger partial charge in [-0.25, -0.2) is 0 Å². The minimum Gasteiger partial charge on any atom is -0.459 e. The lowest BCUT2D eigenvalue weighted by molar-refractivity contribution is -0.174. The molecule has 3 nitrogen and oxygen atoms in total. The fraction of sp³-hybridized carbons (Fsp3) is 0.615. The number of hydrogen-bond donors (Lipinski definition) is 0. The Balaban J connectivity index is 1.65. The molecule has 1 unspecified atom stereocenters. The first kappa shape index (κ1) is 9.94. The van der Waals surface area contributed by atoms with Crippen molar-refractivity contribution >= 4 is 5.97 Å². The van der Waals surface area contributed by atoms with Crippen LogP contribution in [0.3, 0.4) is 0 Å². The van der Waals surface area contributed by atoms with E-state index < -0.39 is 6.29 Å². The van der Waals surface area contributed by atoms with Crippen LogP contribution in [0.25, 0.3) is 0 Å². The van der Waals surface area contributed by atoms with E-state index in [1.54, 1.807) is 18.4 Å². The lowest BCUT2D eigenvalue weighted by Gasteiger charge is -2.26. The van der Waals surface area contributed by atoms with Crippen molar-refractivity contribution < 1.29 is 14.3 Å². The lowest BCUT2D eigenvalue weighted by Crippen LogP contribution is -2.32. The number of carbonyl (C=O) groups is 1. The Morgan fingerprint density at radius 1 is 1.31 bits per heavy atom. The van der Waals surface area contributed by atoms with Crippen molar-refractivity contribution in [1.29, 1.82) is 0 Å². The van der Waals surface area contributed by atoms with Gasteiger partial charge in [-0.2, -0.15) is 0 Å². The molecule has 1 heterocycles. The van der Waals surface area contributed by atoms with Crippen molar-refractivity contribution in [1.82, 2.24) is 0 Å². The van der Waals surface area contributed by atoms with E-state index in [0.29, 0.717) is 0 Å². The topological polar surface area (TPSA) is 35.5 Å². The number of esters is 1. The van der Waals surface area contributed by atoms with E-state index >= 15 is 0 Å². The van der Waals surface area contributed by atoms with E-state index in [1.807, 2.05) is 6.08 Å². The smallest absolute Gasteiger partial charge is 0.315 e. The second-order valence-electron chi connectivity index (χ2n) is 5.05. The standard InChI is InChI=1S/C13H16O3/c14-12(16-11-3-1-2-8-15-11)13-6-4-10(9-13)5-7-13/h1-3,8,10-11H,4-7,9H2. The summed E-state index contributed by atoms with van der Waals surface area (Å²) in [4.78, 5) is 12.1. The summed E-state index contributed by atoms with van der Waals surface area (Å²) >= 11 is 0. The molecule has 16 heavy (non-hydrogen) atoms. The molecule has 0 radical (unpaired) electrons. The molecular weight excluding hydrogens is 204 g/mol. The van der Waals surface area contributed by atoms with Crippen LogP contribution >= 0.6 is 0 Å². The zero-order chi connectivity index (χ0) is 11.0. The number of ether oxygens (including phenoxy) is 2. The lowest BCUT2D eigenvalue weighted by atomic mass is 9.84. The molecule has 2 bridgehead atoms. The summed E-state index contributed by atoms with van der Waals surface area (Å²) in [5.74, 6) is 0.702. The minimum atomic E-state index is -0.522. The van der Waals surface area contributed by atoms with Crippen LogP contribution in [0.4, 0.5) is 0 Å². The van der Waals surface area contributed by atoms with Crippen molar-refractivity contribution in [3.63, 3.8) is 0 Å². The maximum absolute atomic E-state index is 12.1. The van der Waals surface area contributed by atoms with Gasteiger partial charge in [0.2, 0.25) is 0 Å². The average molecular weight is 220 g/mol. The molecule has 2 saturated carbocycles. The molecule has 0 aromatic rings. The van der Waals surface area contributed by atoms with Gasteiger partial charge in [-0.15, -0.1) is 0 Å². The van der Waals surface area contributed by atoms with Gasteiger partial charge >= 0.3 is 5.97 Å². The van der Waals surface area contributed by atoms with Crippen molar-refractivity contribution in [2.45, 2.75) is 38.4 Å². The Morgan fingerprint density at radius 2 is 2.12 bits per heavy atom. The molecular formula is C13H16O3. The van der Waals surface area contributed by atoms with E-state index in [4.69, 9.17) is 9.47 Å². The van der Waals surface area contributed by atoms with Crippen LogP contribution in [0.5, 0.6) is 0 Å². The fourth-order valence-corrected chi connectivity index (χ4v) is 3.14. The molecule has 3 heteroatoms. The molecule has 1 aliphatic heterocycles. The molecule has 0 spiro atoms. The van der Waals surface area contributed by atoms with Gasteiger partial charge in [0.25, 0.3) is 6.29 Å². The summed E-state index contributed by atoms with van der Waals surface area (Å²) in [7, 11) is 0. The van der Waals surface area contributed by atoms with Gasteiger partial charge in [0.15, 0.2) is 0 Å². The summed E-state index contributed by atoms with van der Waals surface area (Å²) in [6.45, 7) is 0. The van der Waals surface area contributed by atoms with Crippen LogP contribution in [-0.4, -0.2) is 12.3 Å². The maximum Gasteiger partial charge on any atom is 0.315 e. The molecule has 3 aliphatic rings. The molecule has 2 aliphatic carbocycles. The monoisotopic (exact) mass is 220 g/mol. The number of carbonyl (C=O) groups excluding carboxylic acids is 1. The molecule has 0 aromatic carbocycles. The van der Waals surface area contributed by atoms with Crippen LogP contribution in [0.15, 0.2) is 24.5 Å². The molecule has 0 N–H and O–H groups in total. The molecule has 0 amide bonds. The van der Waals surface area contributed by atoms with Crippen LogP contribution in [0.2, 0.25) is 0 Å². The largest absolute Gasteiger partial charge is 0.459 e. The van der Waals surface area contributed by atoms with Crippen molar-refractivity contribution in [2.75, 3.05) is 0 Å². The van der Waals surface area contributed by atoms with Gasteiger partial charge in [0.1, 0.15) is 0 Å². The Kier molecular flexibility index (Phi) is 2.27. The normalized spacial score (nSPS) is 39.8. The third-order valence-electron chi connectivity index (χ3n) is 4.07. The van der Waals surface area contributed by atoms with Crippen molar-refractivity contribution in [2.24, 2.45) is 11.3 Å². The average Bonchev–Trinajstić information content (AvgIpc) is 2.91. The molecule has 86 valence electrons. The predicted molar refractivity (Wildman–Crippen MR) is 58.3 cm³/mol. The van der Waals surface area contributed by atoms with Gasteiger partial charge in [-0.3, -0.25) is 4.79 Å². The second kappa shape index (κ2) is 3.65. The summed E-state index contributed by atoms with van der Waals surface area (Å²) in [6, 6.07) is 0. The van der Waals surface area contributed by atoms with E-state index in [1.165, 1.54) is 12.8 Å². The summed E-state index contributed by atoms with van der Waals surface area (Å²) in [5.41, 5.74) is -0.178. The summed E-state index contributed by atoms with van der Waals surface area (Å²) in [6.07, 6.45) is 11.8. The van der Waals surface area contributed by atoms with Crippen molar-refractivity contribution in [3.8, 4) is 0 Å².